The fourth-order valence-electron chi connectivity index (χ4n) is 0.897. The zero-order chi connectivity index (χ0) is 9.14. The molecule has 0 aliphatic carbocycles. The lowest BCUT2D eigenvalue weighted by Crippen LogP contribution is -1.96. The van der Waals surface area contributed by atoms with Crippen molar-refractivity contribution in [3.63, 3.8) is 0 Å². The van der Waals surface area contributed by atoms with E-state index in [1.165, 1.54) is 5.92 Å². The molecule has 3 heteroatoms. The topological polar surface area (TPSA) is 0 Å². The van der Waals surface area contributed by atoms with E-state index in [1.54, 1.807) is 6.07 Å². The van der Waals surface area contributed by atoms with Gasteiger partial charge in [0.15, 0.2) is 0 Å². The number of halogens is 3. The summed E-state index contributed by atoms with van der Waals surface area (Å²) in [5, 5.41) is 2.28. The summed E-state index contributed by atoms with van der Waals surface area (Å²) in [6.45, 7) is 2.02. The average molecular weight is 267 g/mol. The minimum absolute atomic E-state index is 0.717. The van der Waals surface area contributed by atoms with E-state index in [1.807, 2.05) is 19.1 Å². The highest BCUT2D eigenvalue weighted by Crippen LogP contribution is 2.27. The first kappa shape index (κ1) is 10.4. The maximum Gasteiger partial charge on any atom is 0.0445 e. The van der Waals surface area contributed by atoms with E-state index in [2.05, 4.69) is 15.9 Å². The van der Waals surface area contributed by atoms with Crippen LogP contribution in [0.2, 0.25) is 10.0 Å². The molecule has 0 N–H and O–H groups in total. The maximum atomic E-state index is 5.97. The Morgan fingerprint density at radius 3 is 2.67 bits per heavy atom. The van der Waals surface area contributed by atoms with Gasteiger partial charge in [0.1, 0.15) is 0 Å². The standard InChI is InChI=1S/C9H8BrCl2/c1-6(5-10)8-4-7(11)2-3-9(8)12/h2-4H,5H2,1H3. The Hall–Kier alpha value is 0.280. The Kier molecular flexibility index (Phi) is 3.88. The number of benzene rings is 1. The molecule has 12 heavy (non-hydrogen) atoms. The van der Waals surface area contributed by atoms with E-state index in [0.717, 1.165) is 20.9 Å². The molecule has 0 saturated carbocycles. The van der Waals surface area contributed by atoms with Crippen LogP contribution in [-0.4, -0.2) is 5.33 Å². The van der Waals surface area contributed by atoms with Gasteiger partial charge in [0.05, 0.1) is 0 Å². The Bertz CT molecular complexity index is 273. The van der Waals surface area contributed by atoms with Crippen LogP contribution in [0.5, 0.6) is 0 Å². The Morgan fingerprint density at radius 1 is 1.42 bits per heavy atom. The summed E-state index contributed by atoms with van der Waals surface area (Å²) in [5.41, 5.74) is 1.01. The number of alkyl halides is 1. The first-order chi connectivity index (χ1) is 5.65. The van der Waals surface area contributed by atoms with Crippen molar-refractivity contribution in [2.45, 2.75) is 6.92 Å². The second kappa shape index (κ2) is 4.50. The molecule has 1 aromatic carbocycles. The monoisotopic (exact) mass is 265 g/mol. The maximum absolute atomic E-state index is 5.97. The third-order valence-electron chi connectivity index (χ3n) is 1.59. The molecule has 1 rings (SSSR count). The Labute approximate surface area is 91.0 Å². The normalized spacial score (nSPS) is 10.8. The smallest absolute Gasteiger partial charge is 0.0445 e. The van der Waals surface area contributed by atoms with Crippen molar-refractivity contribution in [2.24, 2.45) is 0 Å². The van der Waals surface area contributed by atoms with Crippen molar-refractivity contribution in [3.8, 4) is 0 Å². The van der Waals surface area contributed by atoms with E-state index < -0.39 is 0 Å². The second-order valence-corrected chi connectivity index (χ2v) is 3.94. The highest BCUT2D eigenvalue weighted by molar-refractivity contribution is 9.09. The molecule has 0 nitrogen and oxygen atoms in total. The van der Waals surface area contributed by atoms with Crippen molar-refractivity contribution in [3.05, 3.63) is 39.7 Å². The first-order valence-electron chi connectivity index (χ1n) is 3.49. The molecule has 0 amide bonds. The van der Waals surface area contributed by atoms with Crippen LogP contribution in [0.15, 0.2) is 18.2 Å². The third-order valence-corrected chi connectivity index (χ3v) is 2.99. The molecule has 0 unspecified atom stereocenters. The van der Waals surface area contributed by atoms with Crippen molar-refractivity contribution in [1.82, 2.24) is 0 Å². The average Bonchev–Trinajstić information content (AvgIpc) is 2.08. The van der Waals surface area contributed by atoms with Gasteiger partial charge in [-0.15, -0.1) is 0 Å². The van der Waals surface area contributed by atoms with Crippen molar-refractivity contribution in [1.29, 1.82) is 0 Å². The summed E-state index contributed by atoms with van der Waals surface area (Å²) in [5.74, 6) is 1.18. The molecule has 0 spiro atoms. The molecule has 65 valence electrons. The van der Waals surface area contributed by atoms with Gasteiger partial charge in [-0.05, 0) is 23.8 Å². The predicted molar refractivity (Wildman–Crippen MR) is 58.3 cm³/mol. The van der Waals surface area contributed by atoms with Gasteiger partial charge in [-0.2, -0.15) is 0 Å². The summed E-state index contributed by atoms with van der Waals surface area (Å²) in [6.07, 6.45) is 0. The summed E-state index contributed by atoms with van der Waals surface area (Å²) < 4.78 is 0. The van der Waals surface area contributed by atoms with Crippen LogP contribution in [0.25, 0.3) is 0 Å². The molecule has 0 aliphatic rings. The molecule has 0 aliphatic heterocycles. The van der Waals surface area contributed by atoms with Crippen LogP contribution in [0.4, 0.5) is 0 Å². The molecule has 0 bridgehead atoms. The van der Waals surface area contributed by atoms with E-state index in [-0.39, 0.29) is 0 Å². The summed E-state index contributed by atoms with van der Waals surface area (Å²) in [7, 11) is 0. The molecule has 1 radical (unpaired) electrons. The summed E-state index contributed by atoms with van der Waals surface area (Å²) in [4.78, 5) is 0. The third kappa shape index (κ3) is 2.38. The van der Waals surface area contributed by atoms with Crippen LogP contribution >= 0.6 is 39.1 Å². The second-order valence-electron chi connectivity index (χ2n) is 2.54. The van der Waals surface area contributed by atoms with Crippen molar-refractivity contribution in [2.75, 3.05) is 5.33 Å². The molecule has 0 atom stereocenters. The highest BCUT2D eigenvalue weighted by atomic mass is 79.9. The van der Waals surface area contributed by atoms with Gasteiger partial charge >= 0.3 is 0 Å². The highest BCUT2D eigenvalue weighted by Gasteiger charge is 2.08. The van der Waals surface area contributed by atoms with Gasteiger partial charge in [-0.1, -0.05) is 46.1 Å². The van der Waals surface area contributed by atoms with Crippen LogP contribution in [0.3, 0.4) is 0 Å². The Morgan fingerprint density at radius 2 is 2.08 bits per heavy atom. The lowest BCUT2D eigenvalue weighted by atomic mass is 10.0. The summed E-state index contributed by atoms with van der Waals surface area (Å²) >= 11 is 15.2. The fourth-order valence-corrected chi connectivity index (χ4v) is 1.65. The molecule has 0 aromatic heterocycles. The molecular formula is C9H8BrCl2. The van der Waals surface area contributed by atoms with Gasteiger partial charge < -0.3 is 0 Å². The predicted octanol–water partition coefficient (Wildman–Crippen LogP) is 4.33. The number of rotatable bonds is 2. The van der Waals surface area contributed by atoms with Gasteiger partial charge in [0.2, 0.25) is 0 Å². The molecule has 0 heterocycles. The molecule has 0 saturated heterocycles. The SMILES string of the molecule is C[C](CBr)c1cc(Cl)ccc1Cl. The minimum atomic E-state index is 0.717. The Balaban J connectivity index is 3.04. The van der Waals surface area contributed by atoms with Crippen molar-refractivity contribution >= 4 is 39.1 Å². The van der Waals surface area contributed by atoms with E-state index >= 15 is 0 Å². The fraction of sp³-hybridized carbons (Fsp3) is 0.222. The molecule has 0 fully saturated rings. The van der Waals surface area contributed by atoms with Gasteiger partial charge in [-0.3, -0.25) is 0 Å². The quantitative estimate of drug-likeness (QED) is 0.699. The first-order valence-corrected chi connectivity index (χ1v) is 5.36. The lowest BCUT2D eigenvalue weighted by molar-refractivity contribution is 1.17. The van der Waals surface area contributed by atoms with Gasteiger partial charge in [0.25, 0.3) is 0 Å². The minimum Gasteiger partial charge on any atom is -0.0918 e. The molecular weight excluding hydrogens is 259 g/mol. The number of hydrogen-bond donors (Lipinski definition) is 0. The van der Waals surface area contributed by atoms with E-state index in [4.69, 9.17) is 23.2 Å². The van der Waals surface area contributed by atoms with Crippen molar-refractivity contribution < 1.29 is 0 Å². The van der Waals surface area contributed by atoms with E-state index in [9.17, 15) is 0 Å². The largest absolute Gasteiger partial charge is 0.0918 e. The van der Waals surface area contributed by atoms with Crippen LogP contribution in [0.1, 0.15) is 12.5 Å². The lowest BCUT2D eigenvalue weighted by Gasteiger charge is -2.09. The summed E-state index contributed by atoms with van der Waals surface area (Å²) in [6, 6.07) is 5.47. The van der Waals surface area contributed by atoms with Crippen LogP contribution in [-0.2, 0) is 0 Å². The molecule has 1 aromatic rings. The van der Waals surface area contributed by atoms with Crippen LogP contribution in [0, 0.1) is 5.92 Å². The van der Waals surface area contributed by atoms with Crippen LogP contribution < -0.4 is 0 Å². The van der Waals surface area contributed by atoms with E-state index in [0.29, 0.717) is 0 Å². The van der Waals surface area contributed by atoms with Gasteiger partial charge in [0, 0.05) is 21.3 Å². The zero-order valence-corrected chi connectivity index (χ0v) is 9.67. The number of hydrogen-bond acceptors (Lipinski definition) is 0. The van der Waals surface area contributed by atoms with Gasteiger partial charge in [-0.25, -0.2) is 0 Å². The zero-order valence-electron chi connectivity index (χ0n) is 6.57.